The number of rotatable bonds is 1. The molecule has 0 aliphatic carbocycles. The van der Waals surface area contributed by atoms with Crippen molar-refractivity contribution in [2.45, 2.75) is 13.0 Å². The number of carbonyl (C=O) groups excluding carboxylic acids is 1. The van der Waals surface area contributed by atoms with Gasteiger partial charge in [0.05, 0.1) is 5.69 Å². The van der Waals surface area contributed by atoms with Crippen LogP contribution in [0, 0.1) is 6.92 Å². The van der Waals surface area contributed by atoms with Crippen LogP contribution in [0.4, 0.5) is 11.5 Å². The molecule has 0 bridgehead atoms. The smallest absolute Gasteiger partial charge is 0.252 e. The van der Waals surface area contributed by atoms with E-state index in [4.69, 9.17) is 0 Å². The molecule has 1 aliphatic rings. The van der Waals surface area contributed by atoms with E-state index in [2.05, 4.69) is 15.6 Å². The Kier molecular flexibility index (Phi) is 2.33. The number of nitrogens with one attached hydrogen (secondary N) is 2. The van der Waals surface area contributed by atoms with Crippen molar-refractivity contribution < 1.29 is 4.79 Å². The van der Waals surface area contributed by atoms with Gasteiger partial charge in [0.2, 0.25) is 0 Å². The molecular formula is C12H11N3OS. The van der Waals surface area contributed by atoms with E-state index in [1.165, 1.54) is 0 Å². The van der Waals surface area contributed by atoms with Gasteiger partial charge in [0.1, 0.15) is 6.04 Å². The normalized spacial score (nSPS) is 18.2. The van der Waals surface area contributed by atoms with Crippen molar-refractivity contribution in [3.8, 4) is 0 Å². The minimum Gasteiger partial charge on any atom is -0.352 e. The molecule has 0 radical (unpaired) electrons. The molecule has 2 aromatic heterocycles. The van der Waals surface area contributed by atoms with Crippen LogP contribution in [-0.2, 0) is 4.79 Å². The summed E-state index contributed by atoms with van der Waals surface area (Å²) in [5.41, 5.74) is 1.78. The van der Waals surface area contributed by atoms with Crippen molar-refractivity contribution in [1.82, 2.24) is 4.98 Å². The lowest BCUT2D eigenvalue weighted by atomic mass is 10.1. The van der Waals surface area contributed by atoms with Crippen molar-refractivity contribution in [2.24, 2.45) is 0 Å². The summed E-state index contributed by atoms with van der Waals surface area (Å²) in [7, 11) is 0. The number of amides is 1. The number of hydrogen-bond donors (Lipinski definition) is 2. The van der Waals surface area contributed by atoms with E-state index in [-0.39, 0.29) is 11.9 Å². The fraction of sp³-hybridized carbons (Fsp3) is 0.167. The minimum atomic E-state index is -0.335. The summed E-state index contributed by atoms with van der Waals surface area (Å²) in [4.78, 5) is 17.3. The number of anilines is 2. The second kappa shape index (κ2) is 3.85. The van der Waals surface area contributed by atoms with E-state index in [0.717, 1.165) is 21.9 Å². The molecule has 0 saturated carbocycles. The molecule has 0 saturated heterocycles. The predicted molar refractivity (Wildman–Crippen MR) is 68.3 cm³/mol. The molecule has 5 heteroatoms. The fourth-order valence-electron chi connectivity index (χ4n) is 1.84. The quantitative estimate of drug-likeness (QED) is 0.811. The third kappa shape index (κ3) is 1.78. The van der Waals surface area contributed by atoms with Crippen LogP contribution in [0.2, 0.25) is 0 Å². The number of nitrogens with zero attached hydrogens (tertiary/aromatic N) is 1. The van der Waals surface area contributed by atoms with Crippen LogP contribution in [0.1, 0.15) is 16.5 Å². The maximum Gasteiger partial charge on any atom is 0.252 e. The molecule has 86 valence electrons. The molecule has 3 rings (SSSR count). The number of fused-ring (bicyclic) bond motifs is 1. The van der Waals surface area contributed by atoms with Crippen LogP contribution in [0.15, 0.2) is 29.8 Å². The van der Waals surface area contributed by atoms with Gasteiger partial charge in [0.25, 0.3) is 5.91 Å². The second-order valence-electron chi connectivity index (χ2n) is 3.99. The Hall–Kier alpha value is -1.88. The largest absolute Gasteiger partial charge is 0.352 e. The number of aromatic nitrogens is 1. The Morgan fingerprint density at radius 2 is 2.35 bits per heavy atom. The van der Waals surface area contributed by atoms with Gasteiger partial charge in [0, 0.05) is 11.1 Å². The first-order valence-electron chi connectivity index (χ1n) is 5.31. The van der Waals surface area contributed by atoms with E-state index in [1.807, 2.05) is 30.5 Å². The van der Waals surface area contributed by atoms with Gasteiger partial charge in [-0.2, -0.15) is 0 Å². The van der Waals surface area contributed by atoms with Gasteiger partial charge in [-0.1, -0.05) is 6.07 Å². The van der Waals surface area contributed by atoms with E-state index in [1.54, 1.807) is 17.5 Å². The first kappa shape index (κ1) is 10.3. The highest BCUT2D eigenvalue weighted by atomic mass is 32.1. The lowest BCUT2D eigenvalue weighted by Gasteiger charge is -2.25. The highest BCUT2D eigenvalue weighted by Crippen LogP contribution is 2.32. The average molecular weight is 245 g/mol. The van der Waals surface area contributed by atoms with Crippen molar-refractivity contribution in [3.05, 3.63) is 40.2 Å². The SMILES string of the molecule is Cc1cnc2c(c1)NC(=O)C(c1cccs1)N2. The number of aryl methyl sites for hydroxylation is 1. The zero-order chi connectivity index (χ0) is 11.8. The van der Waals surface area contributed by atoms with Crippen LogP contribution in [-0.4, -0.2) is 10.9 Å². The summed E-state index contributed by atoms with van der Waals surface area (Å²) in [6.45, 7) is 1.95. The van der Waals surface area contributed by atoms with Crippen LogP contribution in [0.25, 0.3) is 0 Å². The molecule has 2 aromatic rings. The Balaban J connectivity index is 1.98. The van der Waals surface area contributed by atoms with E-state index in [0.29, 0.717) is 0 Å². The Morgan fingerprint density at radius 1 is 1.47 bits per heavy atom. The van der Waals surface area contributed by atoms with Gasteiger partial charge >= 0.3 is 0 Å². The number of pyridine rings is 1. The summed E-state index contributed by atoms with van der Waals surface area (Å²) in [6.07, 6.45) is 1.79. The van der Waals surface area contributed by atoms with E-state index < -0.39 is 0 Å². The van der Waals surface area contributed by atoms with Crippen molar-refractivity contribution in [2.75, 3.05) is 10.6 Å². The maximum absolute atomic E-state index is 12.0. The first-order chi connectivity index (χ1) is 8.24. The molecular weight excluding hydrogens is 234 g/mol. The van der Waals surface area contributed by atoms with Crippen LogP contribution in [0.3, 0.4) is 0 Å². The van der Waals surface area contributed by atoms with Gasteiger partial charge in [-0.3, -0.25) is 4.79 Å². The Labute approximate surface area is 103 Å². The minimum absolute atomic E-state index is 0.0349. The third-order valence-corrected chi connectivity index (χ3v) is 3.59. The summed E-state index contributed by atoms with van der Waals surface area (Å²) in [5.74, 6) is 0.695. The molecule has 2 N–H and O–H groups in total. The van der Waals surface area contributed by atoms with Crippen molar-refractivity contribution in [3.63, 3.8) is 0 Å². The lowest BCUT2D eigenvalue weighted by Crippen LogP contribution is -2.32. The van der Waals surface area contributed by atoms with E-state index in [9.17, 15) is 4.79 Å². The zero-order valence-corrected chi connectivity index (χ0v) is 10.0. The molecule has 0 aromatic carbocycles. The third-order valence-electron chi connectivity index (χ3n) is 2.65. The summed E-state index contributed by atoms with van der Waals surface area (Å²) in [6, 6.07) is 5.46. The molecule has 3 heterocycles. The maximum atomic E-state index is 12.0. The van der Waals surface area contributed by atoms with Crippen molar-refractivity contribution >= 4 is 28.7 Å². The summed E-state index contributed by atoms with van der Waals surface area (Å²) >= 11 is 1.56. The number of hydrogen-bond acceptors (Lipinski definition) is 4. The molecule has 0 spiro atoms. The first-order valence-corrected chi connectivity index (χ1v) is 6.19. The molecule has 1 unspecified atom stereocenters. The lowest BCUT2D eigenvalue weighted by molar-refractivity contribution is -0.117. The molecule has 0 fully saturated rings. The summed E-state index contributed by atoms with van der Waals surface area (Å²) in [5, 5.41) is 8.01. The Morgan fingerprint density at radius 3 is 3.12 bits per heavy atom. The Bertz CT molecular complexity index is 565. The van der Waals surface area contributed by atoms with Crippen LogP contribution < -0.4 is 10.6 Å². The topological polar surface area (TPSA) is 54.0 Å². The van der Waals surface area contributed by atoms with Crippen LogP contribution in [0.5, 0.6) is 0 Å². The van der Waals surface area contributed by atoms with E-state index >= 15 is 0 Å². The fourth-order valence-corrected chi connectivity index (χ4v) is 2.62. The standard InChI is InChI=1S/C12H11N3OS/c1-7-5-8-11(13-6-7)15-10(12(16)14-8)9-3-2-4-17-9/h2-6,10H,1H3,(H,13,15)(H,14,16). The zero-order valence-electron chi connectivity index (χ0n) is 9.23. The van der Waals surface area contributed by atoms with Gasteiger partial charge in [0.15, 0.2) is 5.82 Å². The monoisotopic (exact) mass is 245 g/mol. The van der Waals surface area contributed by atoms with Gasteiger partial charge in [-0.15, -0.1) is 11.3 Å². The number of thiophene rings is 1. The molecule has 1 amide bonds. The molecule has 4 nitrogen and oxygen atoms in total. The van der Waals surface area contributed by atoms with Crippen molar-refractivity contribution in [1.29, 1.82) is 0 Å². The highest BCUT2D eigenvalue weighted by Gasteiger charge is 2.28. The predicted octanol–water partition coefficient (Wildman–Crippen LogP) is 2.56. The molecule has 1 aliphatic heterocycles. The van der Waals surface area contributed by atoms with Gasteiger partial charge < -0.3 is 10.6 Å². The van der Waals surface area contributed by atoms with Gasteiger partial charge in [-0.25, -0.2) is 4.98 Å². The molecule has 17 heavy (non-hydrogen) atoms. The number of carbonyl (C=O) groups is 1. The molecule has 1 atom stereocenters. The second-order valence-corrected chi connectivity index (χ2v) is 4.97. The summed E-state index contributed by atoms with van der Waals surface area (Å²) < 4.78 is 0. The highest BCUT2D eigenvalue weighted by molar-refractivity contribution is 7.10. The van der Waals surface area contributed by atoms with Gasteiger partial charge in [-0.05, 0) is 30.0 Å². The van der Waals surface area contributed by atoms with Crippen LogP contribution >= 0.6 is 11.3 Å². The average Bonchev–Trinajstić information content (AvgIpc) is 2.81.